The number of benzene rings is 2. The number of aryl methyl sites for hydroxylation is 1. The van der Waals surface area contributed by atoms with Crippen LogP contribution in [0, 0.1) is 0 Å². The van der Waals surface area contributed by atoms with Crippen LogP contribution in [-0.4, -0.2) is 8.07 Å². The lowest BCUT2D eigenvalue weighted by Gasteiger charge is -2.33. The summed E-state index contributed by atoms with van der Waals surface area (Å²) in [5.41, 5.74) is 3.03. The standard InChI is InChI=1S/C22H32Si/c1-4-23(5-2,6-3)19-22(21-15-11-8-12-16-21)18-17-20-13-9-7-10-14-20/h7-16,22H,4-6,17-19H2,1-3H3. The maximum absolute atomic E-state index is 2.43. The lowest BCUT2D eigenvalue weighted by Crippen LogP contribution is -2.33. The Labute approximate surface area is 144 Å². The fourth-order valence-corrected chi connectivity index (χ4v) is 7.65. The molecule has 2 aromatic carbocycles. The molecule has 0 fully saturated rings. The first-order chi connectivity index (χ1) is 11.2. The van der Waals surface area contributed by atoms with Gasteiger partial charge in [-0.2, -0.15) is 0 Å². The summed E-state index contributed by atoms with van der Waals surface area (Å²) in [5.74, 6) is 0.725. The molecule has 1 unspecified atom stereocenters. The molecule has 2 rings (SSSR count). The second-order valence-corrected chi connectivity index (χ2v) is 12.4. The van der Waals surface area contributed by atoms with Gasteiger partial charge in [0, 0.05) is 0 Å². The first-order valence-corrected chi connectivity index (χ1v) is 12.1. The van der Waals surface area contributed by atoms with E-state index in [1.54, 1.807) is 5.56 Å². The van der Waals surface area contributed by atoms with Gasteiger partial charge in [0.25, 0.3) is 0 Å². The van der Waals surface area contributed by atoms with Crippen LogP contribution in [0.25, 0.3) is 0 Å². The Morgan fingerprint density at radius 3 is 1.78 bits per heavy atom. The van der Waals surface area contributed by atoms with E-state index < -0.39 is 8.07 Å². The lowest BCUT2D eigenvalue weighted by molar-refractivity contribution is 0.665. The summed E-state index contributed by atoms with van der Waals surface area (Å²) in [4.78, 5) is 0. The predicted octanol–water partition coefficient (Wildman–Crippen LogP) is 6.91. The van der Waals surface area contributed by atoms with Crippen molar-refractivity contribution >= 4 is 8.07 Å². The Balaban J connectivity index is 2.15. The molecule has 0 heterocycles. The lowest BCUT2D eigenvalue weighted by atomic mass is 9.94. The minimum Gasteiger partial charge on any atom is -0.0678 e. The minimum atomic E-state index is -1.10. The van der Waals surface area contributed by atoms with E-state index in [2.05, 4.69) is 81.4 Å². The highest BCUT2D eigenvalue weighted by Crippen LogP contribution is 2.36. The molecule has 124 valence electrons. The van der Waals surface area contributed by atoms with E-state index in [-0.39, 0.29) is 0 Å². The third-order valence-corrected chi connectivity index (χ3v) is 11.7. The molecule has 1 heteroatoms. The fraction of sp³-hybridized carbons (Fsp3) is 0.455. The van der Waals surface area contributed by atoms with E-state index in [0.717, 1.165) is 5.92 Å². The molecule has 0 nitrogen and oxygen atoms in total. The zero-order chi connectivity index (χ0) is 16.5. The highest BCUT2D eigenvalue weighted by molar-refractivity contribution is 6.79. The van der Waals surface area contributed by atoms with Crippen LogP contribution < -0.4 is 0 Å². The number of hydrogen-bond acceptors (Lipinski definition) is 0. The molecular weight excluding hydrogens is 292 g/mol. The average molecular weight is 325 g/mol. The van der Waals surface area contributed by atoms with Crippen LogP contribution in [0.2, 0.25) is 24.2 Å². The zero-order valence-electron chi connectivity index (χ0n) is 15.1. The van der Waals surface area contributed by atoms with Crippen molar-refractivity contribution in [3.05, 3.63) is 71.8 Å². The Morgan fingerprint density at radius 2 is 1.26 bits per heavy atom. The first-order valence-electron chi connectivity index (χ1n) is 9.32. The van der Waals surface area contributed by atoms with E-state index in [1.807, 2.05) is 0 Å². The molecule has 0 spiro atoms. The summed E-state index contributed by atoms with van der Waals surface area (Å²) in [6.45, 7) is 7.29. The van der Waals surface area contributed by atoms with Crippen molar-refractivity contribution < 1.29 is 0 Å². The monoisotopic (exact) mass is 324 g/mol. The molecule has 0 N–H and O–H groups in total. The van der Waals surface area contributed by atoms with Gasteiger partial charge in [-0.25, -0.2) is 0 Å². The topological polar surface area (TPSA) is 0 Å². The fourth-order valence-electron chi connectivity index (χ4n) is 3.80. The largest absolute Gasteiger partial charge is 0.0678 e. The maximum Gasteiger partial charge on any atom is 0.0533 e. The van der Waals surface area contributed by atoms with Gasteiger partial charge in [0.15, 0.2) is 0 Å². The second kappa shape index (κ2) is 9.07. The highest BCUT2D eigenvalue weighted by Gasteiger charge is 2.30. The van der Waals surface area contributed by atoms with Gasteiger partial charge in [0.05, 0.1) is 8.07 Å². The van der Waals surface area contributed by atoms with Crippen LogP contribution >= 0.6 is 0 Å². The molecule has 0 aliphatic carbocycles. The van der Waals surface area contributed by atoms with Crippen LogP contribution in [0.3, 0.4) is 0 Å². The molecule has 0 aromatic heterocycles. The highest BCUT2D eigenvalue weighted by atomic mass is 28.3. The summed E-state index contributed by atoms with van der Waals surface area (Å²) in [6, 6.07) is 27.9. The number of rotatable bonds is 9. The summed E-state index contributed by atoms with van der Waals surface area (Å²) in [7, 11) is -1.10. The first kappa shape index (κ1) is 18.0. The van der Waals surface area contributed by atoms with Gasteiger partial charge in [-0.1, -0.05) is 106 Å². The Hall–Kier alpha value is -1.34. The van der Waals surface area contributed by atoms with Gasteiger partial charge in [0.2, 0.25) is 0 Å². The van der Waals surface area contributed by atoms with Gasteiger partial charge >= 0.3 is 0 Å². The third-order valence-electron chi connectivity index (χ3n) is 5.82. The normalized spacial score (nSPS) is 13.0. The third kappa shape index (κ3) is 5.07. The SMILES string of the molecule is CC[Si](CC)(CC)CC(CCc1ccccc1)c1ccccc1. The van der Waals surface area contributed by atoms with Crippen molar-refractivity contribution in [2.45, 2.75) is 63.7 Å². The molecule has 0 aliphatic rings. The van der Waals surface area contributed by atoms with Crippen molar-refractivity contribution in [2.75, 3.05) is 0 Å². The quantitative estimate of drug-likeness (QED) is 0.439. The van der Waals surface area contributed by atoms with Gasteiger partial charge in [-0.15, -0.1) is 0 Å². The van der Waals surface area contributed by atoms with E-state index in [0.29, 0.717) is 0 Å². The molecule has 0 saturated heterocycles. The van der Waals surface area contributed by atoms with Gasteiger partial charge in [0.1, 0.15) is 0 Å². The van der Waals surface area contributed by atoms with Crippen LogP contribution in [0.15, 0.2) is 60.7 Å². The zero-order valence-corrected chi connectivity index (χ0v) is 16.1. The van der Waals surface area contributed by atoms with Crippen LogP contribution in [0.5, 0.6) is 0 Å². The molecule has 0 aliphatic heterocycles. The van der Waals surface area contributed by atoms with Crippen molar-refractivity contribution in [2.24, 2.45) is 0 Å². The van der Waals surface area contributed by atoms with Crippen LogP contribution in [-0.2, 0) is 6.42 Å². The molecule has 0 amide bonds. The second-order valence-electron chi connectivity index (χ2n) is 6.90. The summed E-state index contributed by atoms with van der Waals surface area (Å²) < 4.78 is 0. The molecule has 2 aromatic rings. The van der Waals surface area contributed by atoms with Crippen molar-refractivity contribution in [1.29, 1.82) is 0 Å². The van der Waals surface area contributed by atoms with Crippen LogP contribution in [0.1, 0.15) is 44.2 Å². The minimum absolute atomic E-state index is 0.725. The van der Waals surface area contributed by atoms with Gasteiger partial charge in [-0.05, 0) is 29.9 Å². The summed E-state index contributed by atoms with van der Waals surface area (Å²) >= 11 is 0. The molecule has 0 radical (unpaired) electrons. The molecule has 0 saturated carbocycles. The van der Waals surface area contributed by atoms with Gasteiger partial charge in [-0.3, -0.25) is 0 Å². The molecule has 0 bridgehead atoms. The maximum atomic E-state index is 2.43. The molecule has 1 atom stereocenters. The van der Waals surface area contributed by atoms with Crippen molar-refractivity contribution in [3.8, 4) is 0 Å². The number of hydrogen-bond donors (Lipinski definition) is 0. The Kier molecular flexibility index (Phi) is 7.10. The van der Waals surface area contributed by atoms with Crippen LogP contribution in [0.4, 0.5) is 0 Å². The average Bonchev–Trinajstić information content (AvgIpc) is 2.64. The van der Waals surface area contributed by atoms with E-state index in [9.17, 15) is 0 Å². The summed E-state index contributed by atoms with van der Waals surface area (Å²) in [5, 5.41) is 0. The Morgan fingerprint density at radius 1 is 0.739 bits per heavy atom. The Bertz CT molecular complexity index is 534. The van der Waals surface area contributed by atoms with E-state index >= 15 is 0 Å². The van der Waals surface area contributed by atoms with E-state index in [4.69, 9.17) is 0 Å². The van der Waals surface area contributed by atoms with Gasteiger partial charge < -0.3 is 0 Å². The van der Waals surface area contributed by atoms with E-state index in [1.165, 1.54) is 42.6 Å². The summed E-state index contributed by atoms with van der Waals surface area (Å²) in [6.07, 6.45) is 2.48. The molecule has 23 heavy (non-hydrogen) atoms. The molecular formula is C22H32Si. The smallest absolute Gasteiger partial charge is 0.0533 e. The predicted molar refractivity (Wildman–Crippen MR) is 106 cm³/mol. The van der Waals surface area contributed by atoms with Crippen molar-refractivity contribution in [1.82, 2.24) is 0 Å². The van der Waals surface area contributed by atoms with Crippen molar-refractivity contribution in [3.63, 3.8) is 0 Å².